The second-order valence-corrected chi connectivity index (χ2v) is 9.54. The Morgan fingerprint density at radius 1 is 1.08 bits per heavy atom. The van der Waals surface area contributed by atoms with Crippen molar-refractivity contribution >= 4 is 28.6 Å². The predicted molar refractivity (Wildman–Crippen MR) is 129 cm³/mol. The molecule has 3 atom stereocenters. The number of fused-ring (bicyclic) bond motifs is 1. The van der Waals surface area contributed by atoms with Crippen LogP contribution in [-0.2, 0) is 25.4 Å². The fraction of sp³-hybridized carbons (Fsp3) is 0.462. The van der Waals surface area contributed by atoms with Gasteiger partial charge in [-0.2, -0.15) is 0 Å². The molecule has 6 rings (SSSR count). The first-order valence-corrected chi connectivity index (χ1v) is 12.2. The highest BCUT2D eigenvalue weighted by atomic mass is 19.1. The molecule has 3 fully saturated rings. The number of amides is 1. The van der Waals surface area contributed by atoms with E-state index in [9.17, 15) is 4.79 Å². The lowest BCUT2D eigenvalue weighted by Crippen LogP contribution is -2.46. The van der Waals surface area contributed by atoms with Gasteiger partial charge < -0.3 is 28.4 Å². The molecule has 4 heterocycles. The molecule has 1 amide bonds. The van der Waals surface area contributed by atoms with Gasteiger partial charge in [-0.1, -0.05) is 35.5 Å². The Morgan fingerprint density at radius 3 is 2.53 bits per heavy atom. The molecule has 3 aromatic rings. The smallest absolute Gasteiger partial charge is 0.416 e. The summed E-state index contributed by atoms with van der Waals surface area (Å²) < 4.78 is 44.5. The van der Waals surface area contributed by atoms with Crippen molar-refractivity contribution in [3.05, 3.63) is 53.3 Å². The number of benzene rings is 2. The fourth-order valence-corrected chi connectivity index (χ4v) is 5.36. The second kappa shape index (κ2) is 9.34. The number of hydrogen-bond donors (Lipinski definition) is 0. The van der Waals surface area contributed by atoms with Gasteiger partial charge in [-0.3, -0.25) is 4.90 Å². The molecule has 0 bridgehead atoms. The summed E-state index contributed by atoms with van der Waals surface area (Å²) in [5.41, 5.74) is 1.92. The average molecular weight is 498 g/mol. The SMILES string of the molecule is CC1CN(c2c(C3OCCO3)cc3c(N4C(=O)OCC4Cc4ccccc4)noc3c2F)CC(C)O1. The Kier molecular flexibility index (Phi) is 6.02. The van der Waals surface area contributed by atoms with Crippen molar-refractivity contribution in [3.8, 4) is 0 Å². The average Bonchev–Trinajstić information content (AvgIpc) is 3.60. The van der Waals surface area contributed by atoms with Gasteiger partial charge in [0.25, 0.3) is 0 Å². The van der Waals surface area contributed by atoms with Crippen LogP contribution in [0.5, 0.6) is 0 Å². The molecule has 0 saturated carbocycles. The van der Waals surface area contributed by atoms with Gasteiger partial charge in [0.1, 0.15) is 6.61 Å². The number of morpholine rings is 1. The molecular weight excluding hydrogens is 469 g/mol. The maximum absolute atomic E-state index is 16.2. The van der Waals surface area contributed by atoms with E-state index in [1.807, 2.05) is 49.1 Å². The van der Waals surface area contributed by atoms with Crippen LogP contribution in [0.1, 0.15) is 31.3 Å². The van der Waals surface area contributed by atoms with E-state index in [0.29, 0.717) is 49.4 Å². The third-order valence-corrected chi connectivity index (χ3v) is 6.80. The van der Waals surface area contributed by atoms with E-state index in [1.54, 1.807) is 6.07 Å². The third kappa shape index (κ3) is 4.08. The summed E-state index contributed by atoms with van der Waals surface area (Å²) in [7, 11) is 0. The van der Waals surface area contributed by atoms with Gasteiger partial charge in [0.15, 0.2) is 17.9 Å². The number of carbonyl (C=O) groups excluding carboxylic acids is 1. The van der Waals surface area contributed by atoms with Crippen molar-refractivity contribution in [3.63, 3.8) is 0 Å². The van der Waals surface area contributed by atoms with Crippen LogP contribution in [0, 0.1) is 5.82 Å². The van der Waals surface area contributed by atoms with Crippen molar-refractivity contribution in [1.82, 2.24) is 5.16 Å². The molecule has 10 heteroatoms. The highest BCUT2D eigenvalue weighted by molar-refractivity contribution is 6.01. The summed E-state index contributed by atoms with van der Waals surface area (Å²) in [6.45, 7) is 5.95. The zero-order chi connectivity index (χ0) is 24.8. The summed E-state index contributed by atoms with van der Waals surface area (Å²) >= 11 is 0. The van der Waals surface area contributed by atoms with Crippen molar-refractivity contribution in [1.29, 1.82) is 0 Å². The molecule has 3 saturated heterocycles. The van der Waals surface area contributed by atoms with E-state index in [4.69, 9.17) is 23.5 Å². The van der Waals surface area contributed by atoms with Gasteiger partial charge >= 0.3 is 6.09 Å². The van der Waals surface area contributed by atoms with Gasteiger partial charge in [-0.15, -0.1) is 0 Å². The van der Waals surface area contributed by atoms with Crippen LogP contribution in [-0.4, -0.2) is 62.4 Å². The number of hydrogen-bond acceptors (Lipinski definition) is 8. The maximum atomic E-state index is 16.2. The zero-order valence-corrected chi connectivity index (χ0v) is 20.2. The first-order valence-electron chi connectivity index (χ1n) is 12.2. The molecule has 36 heavy (non-hydrogen) atoms. The standard InChI is InChI=1S/C26H28FN3O6/c1-15-12-29(13-16(2)35-15)22-19(25-32-8-9-33-25)11-20-23(21(22)27)36-28-24(20)30-18(14-34-26(30)31)10-17-6-4-3-5-7-17/h3-7,11,15-16,18,25H,8-10,12-14H2,1-2H3. The van der Waals surface area contributed by atoms with E-state index < -0.39 is 18.2 Å². The van der Waals surface area contributed by atoms with Gasteiger partial charge in [0.05, 0.1) is 42.5 Å². The number of ether oxygens (including phenoxy) is 4. The minimum Gasteiger partial charge on any atom is -0.447 e. The van der Waals surface area contributed by atoms with Crippen molar-refractivity contribution in [2.24, 2.45) is 0 Å². The number of nitrogens with zero attached hydrogens (tertiary/aromatic N) is 3. The number of rotatable bonds is 5. The minimum atomic E-state index is -0.735. The van der Waals surface area contributed by atoms with Crippen LogP contribution < -0.4 is 9.80 Å². The predicted octanol–water partition coefficient (Wildman–Crippen LogP) is 4.19. The van der Waals surface area contributed by atoms with E-state index in [-0.39, 0.29) is 36.3 Å². The van der Waals surface area contributed by atoms with Crippen molar-refractivity contribution < 1.29 is 32.7 Å². The van der Waals surface area contributed by atoms with Crippen molar-refractivity contribution in [2.45, 2.75) is 44.8 Å². The Labute approximate surface area is 207 Å². The van der Waals surface area contributed by atoms with Gasteiger partial charge in [0, 0.05) is 18.7 Å². The monoisotopic (exact) mass is 497 g/mol. The first kappa shape index (κ1) is 23.2. The van der Waals surface area contributed by atoms with Crippen LogP contribution in [0.3, 0.4) is 0 Å². The largest absolute Gasteiger partial charge is 0.447 e. The van der Waals surface area contributed by atoms with Crippen LogP contribution in [0.4, 0.5) is 20.7 Å². The van der Waals surface area contributed by atoms with Gasteiger partial charge in [-0.25, -0.2) is 9.18 Å². The molecule has 3 unspecified atom stereocenters. The molecule has 1 aromatic heterocycles. The number of cyclic esters (lactones) is 1. The van der Waals surface area contributed by atoms with E-state index in [0.717, 1.165) is 5.56 Å². The Hall–Kier alpha value is -3.21. The number of anilines is 2. The van der Waals surface area contributed by atoms with Crippen LogP contribution in [0.15, 0.2) is 40.9 Å². The molecule has 190 valence electrons. The maximum Gasteiger partial charge on any atom is 0.416 e. The highest BCUT2D eigenvalue weighted by Gasteiger charge is 2.39. The normalized spacial score (nSPS) is 25.2. The molecular formula is C26H28FN3O6. The third-order valence-electron chi connectivity index (χ3n) is 6.80. The zero-order valence-electron chi connectivity index (χ0n) is 20.2. The summed E-state index contributed by atoms with van der Waals surface area (Å²) in [4.78, 5) is 16.2. The Balaban J connectivity index is 1.44. The van der Waals surface area contributed by atoms with Crippen LogP contribution in [0.25, 0.3) is 11.0 Å². The summed E-state index contributed by atoms with van der Waals surface area (Å²) in [5, 5.41) is 4.52. The lowest BCUT2D eigenvalue weighted by Gasteiger charge is -2.38. The number of halogens is 1. The Bertz CT molecular complexity index is 1250. The molecule has 0 radical (unpaired) electrons. The lowest BCUT2D eigenvalue weighted by molar-refractivity contribution is -0.0445. The van der Waals surface area contributed by atoms with Crippen LogP contribution in [0.2, 0.25) is 0 Å². The summed E-state index contributed by atoms with van der Waals surface area (Å²) in [6.07, 6.45) is -0.870. The minimum absolute atomic E-state index is 0.0216. The molecule has 9 nitrogen and oxygen atoms in total. The molecule has 0 N–H and O–H groups in total. The number of aromatic nitrogens is 1. The summed E-state index contributed by atoms with van der Waals surface area (Å²) in [6, 6.07) is 11.3. The molecule has 2 aromatic carbocycles. The quantitative estimate of drug-likeness (QED) is 0.519. The highest BCUT2D eigenvalue weighted by Crippen LogP contribution is 2.42. The molecule has 0 aliphatic carbocycles. The van der Waals surface area contributed by atoms with E-state index in [1.165, 1.54) is 4.90 Å². The topological polar surface area (TPSA) is 86.5 Å². The van der Waals surface area contributed by atoms with Gasteiger partial charge in [0.2, 0.25) is 5.58 Å². The molecule has 0 spiro atoms. The van der Waals surface area contributed by atoms with Gasteiger partial charge in [-0.05, 0) is 31.9 Å². The first-order chi connectivity index (χ1) is 17.5. The molecule has 3 aliphatic rings. The lowest BCUT2D eigenvalue weighted by atomic mass is 10.0. The van der Waals surface area contributed by atoms with Crippen LogP contribution >= 0.6 is 0 Å². The number of carbonyl (C=O) groups is 1. The van der Waals surface area contributed by atoms with E-state index in [2.05, 4.69) is 5.16 Å². The molecule has 3 aliphatic heterocycles. The second-order valence-electron chi connectivity index (χ2n) is 9.54. The Morgan fingerprint density at radius 2 is 1.81 bits per heavy atom. The van der Waals surface area contributed by atoms with E-state index >= 15 is 4.39 Å². The summed E-state index contributed by atoms with van der Waals surface area (Å²) in [5.74, 6) is -0.337. The van der Waals surface area contributed by atoms with Crippen molar-refractivity contribution in [2.75, 3.05) is 42.7 Å². The fourth-order valence-electron chi connectivity index (χ4n) is 5.36.